The largest absolute Gasteiger partial charge is 0.491 e. The maximum Gasteiger partial charge on any atom is 0.258 e. The average Bonchev–Trinajstić information content (AvgIpc) is 2.94. The van der Waals surface area contributed by atoms with Gasteiger partial charge in [-0.3, -0.25) is 14.4 Å². The average molecular weight is 560 g/mol. The number of anilines is 2. The first-order chi connectivity index (χ1) is 19.6. The van der Waals surface area contributed by atoms with Crippen LogP contribution in [0.4, 0.5) is 15.8 Å². The van der Waals surface area contributed by atoms with Gasteiger partial charge in [-0.2, -0.15) is 0 Å². The number of piperidine rings is 1. The van der Waals surface area contributed by atoms with Crippen LogP contribution in [0.2, 0.25) is 0 Å². The number of benzene rings is 3. The van der Waals surface area contributed by atoms with E-state index >= 15 is 0 Å². The molecule has 7 nitrogen and oxygen atoms in total. The molecule has 1 aliphatic heterocycles. The molecule has 3 aromatic rings. The number of likely N-dealkylation sites (tertiary alicyclic amines) is 1. The lowest BCUT2D eigenvalue weighted by molar-refractivity contribution is -0.116. The van der Waals surface area contributed by atoms with Crippen LogP contribution in [-0.2, 0) is 4.79 Å². The predicted octanol–water partition coefficient (Wildman–Crippen LogP) is 6.93. The van der Waals surface area contributed by atoms with Gasteiger partial charge in [-0.25, -0.2) is 4.39 Å². The van der Waals surface area contributed by atoms with Crippen LogP contribution >= 0.6 is 0 Å². The summed E-state index contributed by atoms with van der Waals surface area (Å²) in [5.41, 5.74) is 3.89. The summed E-state index contributed by atoms with van der Waals surface area (Å²) in [5.74, 6) is -0.511. The summed E-state index contributed by atoms with van der Waals surface area (Å²) >= 11 is 0. The highest BCUT2D eigenvalue weighted by Crippen LogP contribution is 2.30. The van der Waals surface area contributed by atoms with Crippen molar-refractivity contribution in [2.75, 3.05) is 23.7 Å². The van der Waals surface area contributed by atoms with E-state index in [0.717, 1.165) is 36.1 Å². The van der Waals surface area contributed by atoms with E-state index in [1.807, 2.05) is 62.9 Å². The molecule has 4 rings (SSSR count). The standard InChI is InChI=1S/C33H38FN3O4/c1-5-6-31(38)36-30-14-9-25(19-22(30)4)33(40)37-17-15-24(16-18-37)23-7-10-26(11-8-23)35-32(39)28-13-12-27(20-29(28)34)41-21(2)3/h7-14,19-21,24H,5-6,15-18H2,1-4H3,(H,35,39)(H,36,38). The van der Waals surface area contributed by atoms with Crippen molar-refractivity contribution in [3.8, 4) is 5.75 Å². The summed E-state index contributed by atoms with van der Waals surface area (Å²) in [5, 5.41) is 5.66. The van der Waals surface area contributed by atoms with Gasteiger partial charge in [0.2, 0.25) is 5.91 Å². The Labute approximate surface area is 241 Å². The topological polar surface area (TPSA) is 87.7 Å². The first kappa shape index (κ1) is 29.8. The second kappa shape index (κ2) is 13.4. The van der Waals surface area contributed by atoms with Crippen LogP contribution in [0.3, 0.4) is 0 Å². The molecule has 1 aliphatic rings. The van der Waals surface area contributed by atoms with Crippen LogP contribution < -0.4 is 15.4 Å². The van der Waals surface area contributed by atoms with Crippen molar-refractivity contribution >= 4 is 29.1 Å². The highest BCUT2D eigenvalue weighted by Gasteiger charge is 2.25. The molecule has 41 heavy (non-hydrogen) atoms. The molecule has 0 spiro atoms. The SMILES string of the molecule is CCCC(=O)Nc1ccc(C(=O)N2CCC(c3ccc(NC(=O)c4ccc(OC(C)C)cc4F)cc3)CC2)cc1C. The number of carbonyl (C=O) groups excluding carboxylic acids is 3. The number of nitrogens with zero attached hydrogens (tertiary/aromatic N) is 1. The molecule has 0 atom stereocenters. The van der Waals surface area contributed by atoms with E-state index < -0.39 is 11.7 Å². The summed E-state index contributed by atoms with van der Waals surface area (Å²) in [4.78, 5) is 39.6. The lowest BCUT2D eigenvalue weighted by atomic mass is 9.89. The van der Waals surface area contributed by atoms with E-state index in [1.54, 1.807) is 18.2 Å². The van der Waals surface area contributed by atoms with E-state index in [1.165, 1.54) is 12.1 Å². The predicted molar refractivity (Wildman–Crippen MR) is 159 cm³/mol. The van der Waals surface area contributed by atoms with Gasteiger partial charge < -0.3 is 20.3 Å². The molecule has 2 N–H and O–H groups in total. The number of halogens is 1. The van der Waals surface area contributed by atoms with Crippen LogP contribution in [0.5, 0.6) is 5.75 Å². The van der Waals surface area contributed by atoms with E-state index in [4.69, 9.17) is 4.74 Å². The molecule has 3 aromatic carbocycles. The summed E-state index contributed by atoms with van der Waals surface area (Å²) in [6.45, 7) is 8.85. The molecule has 0 aliphatic carbocycles. The zero-order valence-electron chi connectivity index (χ0n) is 24.1. The second-order valence-corrected chi connectivity index (χ2v) is 10.8. The molecule has 0 radical (unpaired) electrons. The first-order valence-corrected chi connectivity index (χ1v) is 14.2. The molecule has 1 heterocycles. The van der Waals surface area contributed by atoms with E-state index in [0.29, 0.717) is 42.4 Å². The number of ether oxygens (including phenoxy) is 1. The van der Waals surface area contributed by atoms with Gasteiger partial charge in [0.25, 0.3) is 11.8 Å². The minimum Gasteiger partial charge on any atom is -0.491 e. The van der Waals surface area contributed by atoms with Gasteiger partial charge in [0.05, 0.1) is 11.7 Å². The van der Waals surface area contributed by atoms with E-state index in [9.17, 15) is 18.8 Å². The Kier molecular flexibility index (Phi) is 9.76. The zero-order valence-corrected chi connectivity index (χ0v) is 24.1. The smallest absolute Gasteiger partial charge is 0.258 e. The number of amides is 3. The molecule has 1 fully saturated rings. The Morgan fingerprint density at radius 3 is 2.29 bits per heavy atom. The number of hydrogen-bond donors (Lipinski definition) is 2. The molecule has 0 bridgehead atoms. The monoisotopic (exact) mass is 559 g/mol. The minimum absolute atomic E-state index is 0.00733. The fourth-order valence-corrected chi connectivity index (χ4v) is 5.04. The second-order valence-electron chi connectivity index (χ2n) is 10.8. The number of carbonyl (C=O) groups is 3. The van der Waals surface area contributed by atoms with Gasteiger partial charge in [-0.15, -0.1) is 0 Å². The third kappa shape index (κ3) is 7.72. The summed E-state index contributed by atoms with van der Waals surface area (Å²) in [7, 11) is 0. The summed E-state index contributed by atoms with van der Waals surface area (Å²) < 4.78 is 20.0. The number of nitrogens with one attached hydrogen (secondary N) is 2. The van der Waals surface area contributed by atoms with Crippen molar-refractivity contribution in [3.63, 3.8) is 0 Å². The van der Waals surface area contributed by atoms with E-state index in [2.05, 4.69) is 10.6 Å². The maximum atomic E-state index is 14.5. The first-order valence-electron chi connectivity index (χ1n) is 14.2. The maximum absolute atomic E-state index is 14.5. The molecular formula is C33H38FN3O4. The van der Waals surface area contributed by atoms with Crippen LogP contribution in [0.1, 0.15) is 84.2 Å². The molecule has 1 saturated heterocycles. The van der Waals surface area contributed by atoms with Crippen LogP contribution in [0.15, 0.2) is 60.7 Å². The quantitative estimate of drug-likeness (QED) is 0.298. The lowest BCUT2D eigenvalue weighted by Crippen LogP contribution is -2.38. The molecule has 8 heteroatoms. The molecule has 0 unspecified atom stereocenters. The number of hydrogen-bond acceptors (Lipinski definition) is 4. The molecule has 0 aromatic heterocycles. The molecule has 3 amide bonds. The van der Waals surface area contributed by atoms with Crippen LogP contribution in [0.25, 0.3) is 0 Å². The van der Waals surface area contributed by atoms with Crippen molar-refractivity contribution in [2.24, 2.45) is 0 Å². The molecule has 0 saturated carbocycles. The Morgan fingerprint density at radius 2 is 1.68 bits per heavy atom. The summed E-state index contributed by atoms with van der Waals surface area (Å²) in [6, 6.07) is 17.2. The van der Waals surface area contributed by atoms with Crippen molar-refractivity contribution in [2.45, 2.75) is 65.4 Å². The van der Waals surface area contributed by atoms with Crippen LogP contribution in [0, 0.1) is 12.7 Å². The number of aryl methyl sites for hydroxylation is 1. The fourth-order valence-electron chi connectivity index (χ4n) is 5.04. The highest BCUT2D eigenvalue weighted by atomic mass is 19.1. The van der Waals surface area contributed by atoms with Gasteiger partial charge in [0, 0.05) is 42.5 Å². The van der Waals surface area contributed by atoms with Gasteiger partial charge in [-0.1, -0.05) is 19.1 Å². The molecular weight excluding hydrogens is 521 g/mol. The lowest BCUT2D eigenvalue weighted by Gasteiger charge is -2.32. The van der Waals surface area contributed by atoms with E-state index in [-0.39, 0.29) is 23.5 Å². The number of rotatable bonds is 9. The van der Waals surface area contributed by atoms with Gasteiger partial charge in [-0.05, 0) is 99.5 Å². The van der Waals surface area contributed by atoms with Crippen LogP contribution in [-0.4, -0.2) is 41.8 Å². The van der Waals surface area contributed by atoms with Crippen molar-refractivity contribution in [1.29, 1.82) is 0 Å². The van der Waals surface area contributed by atoms with Gasteiger partial charge in [0.15, 0.2) is 0 Å². The van der Waals surface area contributed by atoms with Crippen molar-refractivity contribution < 1.29 is 23.5 Å². The Balaban J connectivity index is 1.30. The summed E-state index contributed by atoms with van der Waals surface area (Å²) in [6.07, 6.45) is 2.82. The van der Waals surface area contributed by atoms with Crippen molar-refractivity contribution in [3.05, 3.63) is 88.7 Å². The van der Waals surface area contributed by atoms with Gasteiger partial charge >= 0.3 is 0 Å². The highest BCUT2D eigenvalue weighted by molar-refractivity contribution is 6.04. The van der Waals surface area contributed by atoms with Crippen molar-refractivity contribution in [1.82, 2.24) is 4.90 Å². The zero-order chi connectivity index (χ0) is 29.5. The van der Waals surface area contributed by atoms with Gasteiger partial charge in [0.1, 0.15) is 11.6 Å². The Hall–Kier alpha value is -4.20. The minimum atomic E-state index is -0.636. The third-order valence-corrected chi connectivity index (χ3v) is 7.20. The fraction of sp³-hybridized carbons (Fsp3) is 0.364. The third-order valence-electron chi connectivity index (χ3n) is 7.20. The normalized spacial score (nSPS) is 13.7. The molecule has 216 valence electrons. The Bertz CT molecular complexity index is 1400. The Morgan fingerprint density at radius 1 is 0.976 bits per heavy atom.